The third-order valence-electron chi connectivity index (χ3n) is 4.16. The summed E-state index contributed by atoms with van der Waals surface area (Å²) in [7, 11) is 1.51. The number of hydrogen-bond donors (Lipinski definition) is 1. The Kier molecular flexibility index (Phi) is 6.37. The molecule has 2 aromatic carbocycles. The molecule has 0 spiro atoms. The lowest BCUT2D eigenvalue weighted by Gasteiger charge is -2.12. The number of rotatable bonds is 6. The molecule has 0 aliphatic rings. The van der Waals surface area contributed by atoms with Gasteiger partial charge in [-0.15, -0.1) is 0 Å². The van der Waals surface area contributed by atoms with Gasteiger partial charge in [-0.25, -0.2) is 4.85 Å². The number of ketones is 1. The van der Waals surface area contributed by atoms with Crippen molar-refractivity contribution < 1.29 is 14.3 Å². The molecule has 0 bridgehead atoms. The van der Waals surface area contributed by atoms with E-state index in [0.29, 0.717) is 33.9 Å². The molecule has 1 heterocycles. The Morgan fingerprint density at radius 1 is 1.14 bits per heavy atom. The van der Waals surface area contributed by atoms with Gasteiger partial charge in [0.15, 0.2) is 11.5 Å². The fourth-order valence-electron chi connectivity index (χ4n) is 2.64. The zero-order chi connectivity index (χ0) is 20.8. The van der Waals surface area contributed by atoms with Crippen molar-refractivity contribution in [3.63, 3.8) is 0 Å². The molecular formula is C22H16BrN3O3. The minimum absolute atomic E-state index is 0.0863. The summed E-state index contributed by atoms with van der Waals surface area (Å²) >= 11 is 3.32. The lowest BCUT2D eigenvalue weighted by molar-refractivity contribution is 0.0992. The smallest absolute Gasteiger partial charge is 0.255 e. The lowest BCUT2D eigenvalue weighted by atomic mass is 10.0. The Bertz CT molecular complexity index is 1090. The Morgan fingerprint density at radius 2 is 1.90 bits per heavy atom. The van der Waals surface area contributed by atoms with Crippen LogP contribution in [0.15, 0.2) is 65.3 Å². The standard InChI is InChI=1S/C22H16BrN3O3/c1-24-16-6-3-14(4-7-16)22(28)26-20-10-9-18(29-2)12-19(20)21(27)11-17-8-5-15(23)13-25-17/h3-10,12-13H,11H2,2H3,(H,26,28). The molecule has 0 aliphatic carbocycles. The van der Waals surface area contributed by atoms with Gasteiger partial charge in [0.05, 0.1) is 25.8 Å². The molecule has 0 atom stereocenters. The number of aromatic nitrogens is 1. The number of ether oxygens (including phenoxy) is 1. The number of nitrogens with zero attached hydrogens (tertiary/aromatic N) is 2. The molecule has 0 saturated carbocycles. The van der Waals surface area contributed by atoms with Crippen LogP contribution in [0, 0.1) is 6.57 Å². The van der Waals surface area contributed by atoms with Gasteiger partial charge in [0.2, 0.25) is 0 Å². The van der Waals surface area contributed by atoms with E-state index in [0.717, 1.165) is 4.47 Å². The highest BCUT2D eigenvalue weighted by Crippen LogP contribution is 2.25. The molecule has 144 valence electrons. The fourth-order valence-corrected chi connectivity index (χ4v) is 2.88. The molecule has 3 aromatic rings. The van der Waals surface area contributed by atoms with E-state index in [4.69, 9.17) is 11.3 Å². The number of methoxy groups -OCH3 is 1. The molecule has 1 amide bonds. The quantitative estimate of drug-likeness (QED) is 0.420. The highest BCUT2D eigenvalue weighted by molar-refractivity contribution is 9.10. The summed E-state index contributed by atoms with van der Waals surface area (Å²) in [6.45, 7) is 6.99. The molecule has 3 rings (SSSR count). The zero-order valence-corrected chi connectivity index (χ0v) is 17.1. The molecule has 6 nitrogen and oxygen atoms in total. The second-order valence-corrected chi connectivity index (χ2v) is 7.01. The number of halogens is 1. The number of hydrogen-bond acceptors (Lipinski definition) is 4. The van der Waals surface area contributed by atoms with Gasteiger partial charge in [-0.05, 0) is 46.3 Å². The first kappa shape index (κ1) is 20.2. The normalized spacial score (nSPS) is 10.1. The van der Waals surface area contributed by atoms with Crippen LogP contribution in [0.5, 0.6) is 5.75 Å². The maximum absolute atomic E-state index is 12.9. The zero-order valence-electron chi connectivity index (χ0n) is 15.5. The van der Waals surface area contributed by atoms with E-state index in [2.05, 4.69) is 31.1 Å². The van der Waals surface area contributed by atoms with Crippen LogP contribution in [0.3, 0.4) is 0 Å². The van der Waals surface area contributed by atoms with Gasteiger partial charge in [0.25, 0.3) is 5.91 Å². The van der Waals surface area contributed by atoms with E-state index >= 15 is 0 Å². The molecule has 0 aliphatic heterocycles. The van der Waals surface area contributed by atoms with Gasteiger partial charge in [-0.2, -0.15) is 0 Å². The van der Waals surface area contributed by atoms with Gasteiger partial charge in [0.1, 0.15) is 5.75 Å². The van der Waals surface area contributed by atoms with Gasteiger partial charge >= 0.3 is 0 Å². The molecule has 0 saturated heterocycles. The molecule has 0 radical (unpaired) electrons. The van der Waals surface area contributed by atoms with E-state index in [1.165, 1.54) is 7.11 Å². The maximum Gasteiger partial charge on any atom is 0.255 e. The summed E-state index contributed by atoms with van der Waals surface area (Å²) < 4.78 is 6.05. The molecule has 1 aromatic heterocycles. The molecule has 7 heteroatoms. The van der Waals surface area contributed by atoms with Gasteiger partial charge in [0, 0.05) is 27.5 Å². The van der Waals surface area contributed by atoms with Crippen LogP contribution in [-0.4, -0.2) is 23.8 Å². The van der Waals surface area contributed by atoms with Crippen molar-refractivity contribution in [1.29, 1.82) is 0 Å². The SMILES string of the molecule is [C-]#[N+]c1ccc(C(=O)Nc2ccc(OC)cc2C(=O)Cc2ccc(Br)cn2)cc1. The maximum atomic E-state index is 12.9. The Labute approximate surface area is 176 Å². The van der Waals surface area contributed by atoms with E-state index < -0.39 is 0 Å². The van der Waals surface area contributed by atoms with E-state index in [-0.39, 0.29) is 18.1 Å². The number of carbonyl (C=O) groups excluding carboxylic acids is 2. The number of carbonyl (C=O) groups is 2. The van der Waals surface area contributed by atoms with Crippen LogP contribution < -0.4 is 10.1 Å². The summed E-state index contributed by atoms with van der Waals surface area (Å²) in [5, 5.41) is 2.77. The van der Waals surface area contributed by atoms with Crippen LogP contribution in [-0.2, 0) is 6.42 Å². The largest absolute Gasteiger partial charge is 0.497 e. The first-order valence-corrected chi connectivity index (χ1v) is 9.40. The van der Waals surface area contributed by atoms with Crippen molar-refractivity contribution in [2.24, 2.45) is 0 Å². The average molecular weight is 450 g/mol. The first-order chi connectivity index (χ1) is 14.0. The van der Waals surface area contributed by atoms with E-state index in [9.17, 15) is 9.59 Å². The Balaban J connectivity index is 1.86. The van der Waals surface area contributed by atoms with E-state index in [1.54, 1.807) is 54.7 Å². The molecular weight excluding hydrogens is 434 g/mol. The number of anilines is 1. The van der Waals surface area contributed by atoms with Crippen molar-refractivity contribution in [2.45, 2.75) is 6.42 Å². The Hall–Kier alpha value is -3.50. The highest BCUT2D eigenvalue weighted by Gasteiger charge is 2.17. The number of Topliss-reactive ketones (excluding diaryl/α,β-unsaturated/α-hetero) is 1. The van der Waals surface area contributed by atoms with Crippen molar-refractivity contribution >= 4 is 39.0 Å². The summed E-state index contributed by atoms with van der Waals surface area (Å²) in [4.78, 5) is 33.0. The minimum atomic E-state index is -0.373. The molecule has 0 unspecified atom stereocenters. The van der Waals surface area contributed by atoms with Crippen LogP contribution in [0.2, 0.25) is 0 Å². The Morgan fingerprint density at radius 3 is 2.52 bits per heavy atom. The highest BCUT2D eigenvalue weighted by atomic mass is 79.9. The summed E-state index contributed by atoms with van der Waals surface area (Å²) in [6.07, 6.45) is 1.71. The topological polar surface area (TPSA) is 72.7 Å². The van der Waals surface area contributed by atoms with Gasteiger partial charge < -0.3 is 10.1 Å². The predicted octanol–water partition coefficient (Wildman–Crippen LogP) is 5.08. The number of amides is 1. The van der Waals surface area contributed by atoms with Gasteiger partial charge in [-0.3, -0.25) is 14.6 Å². The number of nitrogens with one attached hydrogen (secondary N) is 1. The fraction of sp³-hybridized carbons (Fsp3) is 0.0909. The lowest BCUT2D eigenvalue weighted by Crippen LogP contribution is -2.16. The van der Waals surface area contributed by atoms with Crippen molar-refractivity contribution in [2.75, 3.05) is 12.4 Å². The van der Waals surface area contributed by atoms with Crippen LogP contribution in [0.4, 0.5) is 11.4 Å². The summed E-state index contributed by atoms with van der Waals surface area (Å²) in [5.41, 5.74) is 2.17. The third kappa shape index (κ3) is 5.06. The second-order valence-electron chi connectivity index (χ2n) is 6.09. The summed E-state index contributed by atoms with van der Waals surface area (Å²) in [6, 6.07) is 14.8. The third-order valence-corrected chi connectivity index (χ3v) is 4.63. The van der Waals surface area contributed by atoms with Crippen molar-refractivity contribution in [3.05, 3.63) is 93.5 Å². The van der Waals surface area contributed by atoms with Crippen molar-refractivity contribution in [1.82, 2.24) is 4.98 Å². The average Bonchev–Trinajstić information content (AvgIpc) is 2.75. The monoisotopic (exact) mass is 449 g/mol. The van der Waals surface area contributed by atoms with Gasteiger partial charge in [-0.1, -0.05) is 24.3 Å². The molecule has 0 fully saturated rings. The first-order valence-electron chi connectivity index (χ1n) is 8.60. The summed E-state index contributed by atoms with van der Waals surface area (Å²) in [5.74, 6) is -0.0589. The molecule has 1 N–H and O–H groups in total. The molecule has 29 heavy (non-hydrogen) atoms. The number of pyridine rings is 1. The number of benzene rings is 2. The van der Waals surface area contributed by atoms with Crippen molar-refractivity contribution in [3.8, 4) is 5.75 Å². The van der Waals surface area contributed by atoms with Crippen LogP contribution >= 0.6 is 15.9 Å². The minimum Gasteiger partial charge on any atom is -0.497 e. The van der Waals surface area contributed by atoms with E-state index in [1.807, 2.05) is 6.07 Å². The van der Waals surface area contributed by atoms with Crippen LogP contribution in [0.1, 0.15) is 26.4 Å². The van der Waals surface area contributed by atoms with Crippen LogP contribution in [0.25, 0.3) is 4.85 Å². The predicted molar refractivity (Wildman–Crippen MR) is 114 cm³/mol. The second kappa shape index (κ2) is 9.13.